The van der Waals surface area contributed by atoms with Gasteiger partial charge in [0.1, 0.15) is 11.8 Å². The number of nitrogens with zero attached hydrogens (tertiary/aromatic N) is 1. The van der Waals surface area contributed by atoms with Gasteiger partial charge in [0.25, 0.3) is 0 Å². The average molecular weight is 245 g/mol. The minimum Gasteiger partial charge on any atom is -0.507 e. The Labute approximate surface area is 111 Å². The predicted molar refractivity (Wildman–Crippen MR) is 75.8 cm³/mol. The van der Waals surface area contributed by atoms with Crippen molar-refractivity contribution < 1.29 is 5.11 Å². The molecule has 3 aromatic rings. The van der Waals surface area contributed by atoms with E-state index in [2.05, 4.69) is 6.07 Å². The van der Waals surface area contributed by atoms with Crippen molar-refractivity contribution in [3.05, 3.63) is 66.2 Å². The van der Waals surface area contributed by atoms with E-state index in [1.165, 1.54) is 0 Å². The van der Waals surface area contributed by atoms with Gasteiger partial charge in [-0.05, 0) is 11.6 Å². The first-order valence-corrected chi connectivity index (χ1v) is 6.01. The summed E-state index contributed by atoms with van der Waals surface area (Å²) in [6.07, 6.45) is 0. The highest BCUT2D eigenvalue weighted by Gasteiger charge is 2.12. The van der Waals surface area contributed by atoms with Crippen molar-refractivity contribution in [3.63, 3.8) is 0 Å². The van der Waals surface area contributed by atoms with Gasteiger partial charge in [-0.3, -0.25) is 0 Å². The predicted octanol–water partition coefficient (Wildman–Crippen LogP) is 4.08. The fourth-order valence-electron chi connectivity index (χ4n) is 2.32. The first-order chi connectivity index (χ1) is 9.31. The molecule has 0 aromatic heterocycles. The molecule has 0 bridgehead atoms. The molecule has 90 valence electrons. The van der Waals surface area contributed by atoms with Crippen LogP contribution >= 0.6 is 0 Å². The van der Waals surface area contributed by atoms with Crippen LogP contribution in [-0.2, 0) is 0 Å². The highest BCUT2D eigenvalue weighted by atomic mass is 16.3. The highest BCUT2D eigenvalue weighted by Crippen LogP contribution is 2.35. The van der Waals surface area contributed by atoms with E-state index in [1.54, 1.807) is 6.07 Å². The number of hydrogen-bond acceptors (Lipinski definition) is 2. The summed E-state index contributed by atoms with van der Waals surface area (Å²) < 4.78 is 0. The third-order valence-corrected chi connectivity index (χ3v) is 3.22. The molecular formula is C17H11NO. The quantitative estimate of drug-likeness (QED) is 0.701. The van der Waals surface area contributed by atoms with Crippen LogP contribution < -0.4 is 0 Å². The summed E-state index contributed by atoms with van der Waals surface area (Å²) in [6, 6.07) is 21.0. The molecule has 0 saturated heterocycles. The second-order valence-corrected chi connectivity index (χ2v) is 4.34. The highest BCUT2D eigenvalue weighted by molar-refractivity contribution is 5.98. The Morgan fingerprint density at radius 3 is 2.16 bits per heavy atom. The van der Waals surface area contributed by atoms with Gasteiger partial charge in [-0.25, -0.2) is 0 Å². The molecule has 1 N–H and O–H groups in total. The summed E-state index contributed by atoms with van der Waals surface area (Å²) >= 11 is 0. The van der Waals surface area contributed by atoms with Crippen molar-refractivity contribution in [2.45, 2.75) is 0 Å². The van der Waals surface area contributed by atoms with Crippen molar-refractivity contribution in [1.82, 2.24) is 0 Å². The zero-order valence-electron chi connectivity index (χ0n) is 10.2. The third kappa shape index (κ3) is 1.82. The summed E-state index contributed by atoms with van der Waals surface area (Å²) in [5.74, 6) is 0.202. The molecule has 3 rings (SSSR count). The largest absolute Gasteiger partial charge is 0.507 e. The maximum atomic E-state index is 10.1. The van der Waals surface area contributed by atoms with Crippen molar-refractivity contribution in [2.75, 3.05) is 0 Å². The van der Waals surface area contributed by atoms with E-state index < -0.39 is 0 Å². The van der Waals surface area contributed by atoms with E-state index in [1.807, 2.05) is 54.6 Å². The van der Waals surface area contributed by atoms with E-state index in [0.717, 1.165) is 16.5 Å². The first kappa shape index (κ1) is 11.3. The fraction of sp³-hybridized carbons (Fsp3) is 0. The fourth-order valence-corrected chi connectivity index (χ4v) is 2.32. The normalized spacial score (nSPS) is 10.3. The molecule has 19 heavy (non-hydrogen) atoms. The minimum atomic E-state index is 0.202. The Morgan fingerprint density at radius 2 is 1.47 bits per heavy atom. The van der Waals surface area contributed by atoms with Gasteiger partial charge in [0, 0.05) is 16.3 Å². The Morgan fingerprint density at radius 1 is 0.842 bits per heavy atom. The molecule has 0 amide bonds. The standard InChI is InChI=1S/C17H11NO/c18-11-16-13-8-4-5-9-14(13)17(19)10-15(16)12-6-2-1-3-7-12/h1-10,19H. The summed E-state index contributed by atoms with van der Waals surface area (Å²) in [4.78, 5) is 0. The topological polar surface area (TPSA) is 44.0 Å². The van der Waals surface area contributed by atoms with Crippen LogP contribution in [0.25, 0.3) is 21.9 Å². The van der Waals surface area contributed by atoms with Crippen molar-refractivity contribution in [3.8, 4) is 22.9 Å². The van der Waals surface area contributed by atoms with Crippen LogP contribution in [0, 0.1) is 11.3 Å². The summed E-state index contributed by atoms with van der Waals surface area (Å²) in [5.41, 5.74) is 2.29. The second-order valence-electron chi connectivity index (χ2n) is 4.34. The van der Waals surface area contributed by atoms with Crippen LogP contribution in [0.15, 0.2) is 60.7 Å². The molecule has 0 heterocycles. The van der Waals surface area contributed by atoms with E-state index in [-0.39, 0.29) is 5.75 Å². The zero-order chi connectivity index (χ0) is 13.2. The summed E-state index contributed by atoms with van der Waals surface area (Å²) in [6.45, 7) is 0. The Kier molecular flexibility index (Phi) is 2.66. The van der Waals surface area contributed by atoms with Gasteiger partial charge >= 0.3 is 0 Å². The smallest absolute Gasteiger partial charge is 0.124 e. The lowest BCUT2D eigenvalue weighted by molar-refractivity contribution is 0.482. The second kappa shape index (κ2) is 4.47. The summed E-state index contributed by atoms with van der Waals surface area (Å²) in [7, 11) is 0. The Hall–Kier alpha value is -2.79. The van der Waals surface area contributed by atoms with Gasteiger partial charge in [-0.15, -0.1) is 0 Å². The number of phenols is 1. The third-order valence-electron chi connectivity index (χ3n) is 3.22. The van der Waals surface area contributed by atoms with Crippen molar-refractivity contribution in [1.29, 1.82) is 5.26 Å². The number of fused-ring (bicyclic) bond motifs is 1. The van der Waals surface area contributed by atoms with Crippen LogP contribution in [0.4, 0.5) is 0 Å². The number of benzene rings is 3. The molecule has 0 aliphatic carbocycles. The molecule has 0 atom stereocenters. The Balaban J connectivity index is 2.42. The maximum absolute atomic E-state index is 10.1. The molecule has 0 aliphatic rings. The zero-order valence-corrected chi connectivity index (χ0v) is 10.2. The number of phenolic OH excluding ortho intramolecular Hbond substituents is 1. The molecule has 0 spiro atoms. The number of hydrogen-bond donors (Lipinski definition) is 1. The molecule has 2 heteroatoms. The van der Waals surface area contributed by atoms with E-state index >= 15 is 0 Å². The van der Waals surface area contributed by atoms with Gasteiger partial charge in [-0.2, -0.15) is 5.26 Å². The number of nitriles is 1. The molecule has 0 unspecified atom stereocenters. The molecule has 2 nitrogen and oxygen atoms in total. The monoisotopic (exact) mass is 245 g/mol. The number of rotatable bonds is 1. The van der Waals surface area contributed by atoms with Crippen LogP contribution in [0.1, 0.15) is 5.56 Å². The van der Waals surface area contributed by atoms with Crippen LogP contribution in [0.5, 0.6) is 5.75 Å². The molecule has 0 saturated carbocycles. The van der Waals surface area contributed by atoms with Gasteiger partial charge in [0.2, 0.25) is 0 Å². The van der Waals surface area contributed by atoms with Gasteiger partial charge in [-0.1, -0.05) is 54.6 Å². The van der Waals surface area contributed by atoms with Crippen LogP contribution in [0.2, 0.25) is 0 Å². The van der Waals surface area contributed by atoms with E-state index in [9.17, 15) is 10.4 Å². The molecule has 0 aliphatic heterocycles. The van der Waals surface area contributed by atoms with Crippen LogP contribution in [-0.4, -0.2) is 5.11 Å². The van der Waals surface area contributed by atoms with E-state index in [4.69, 9.17) is 0 Å². The lowest BCUT2D eigenvalue weighted by atomic mass is 9.94. The molecule has 3 aromatic carbocycles. The van der Waals surface area contributed by atoms with Crippen molar-refractivity contribution >= 4 is 10.8 Å². The van der Waals surface area contributed by atoms with Crippen LogP contribution in [0.3, 0.4) is 0 Å². The van der Waals surface area contributed by atoms with E-state index in [0.29, 0.717) is 10.9 Å². The lowest BCUT2D eigenvalue weighted by Crippen LogP contribution is -1.87. The van der Waals surface area contributed by atoms with Crippen molar-refractivity contribution in [2.24, 2.45) is 0 Å². The van der Waals surface area contributed by atoms with Gasteiger partial charge in [0.05, 0.1) is 5.56 Å². The van der Waals surface area contributed by atoms with Gasteiger partial charge in [0.15, 0.2) is 0 Å². The lowest BCUT2D eigenvalue weighted by Gasteiger charge is -2.09. The maximum Gasteiger partial charge on any atom is 0.124 e. The average Bonchev–Trinajstić information content (AvgIpc) is 2.48. The Bertz CT molecular complexity index is 785. The minimum absolute atomic E-state index is 0.202. The first-order valence-electron chi connectivity index (χ1n) is 6.01. The summed E-state index contributed by atoms with van der Waals surface area (Å²) in [5, 5.41) is 21.0. The van der Waals surface area contributed by atoms with Gasteiger partial charge < -0.3 is 5.11 Å². The molecule has 0 radical (unpaired) electrons. The molecular weight excluding hydrogens is 234 g/mol. The number of aromatic hydroxyl groups is 1. The molecule has 0 fully saturated rings. The SMILES string of the molecule is N#Cc1c(-c2ccccc2)cc(O)c2ccccc12.